The Morgan fingerprint density at radius 2 is 1.41 bits per heavy atom. The minimum Gasteiger partial charge on any atom is -0.506 e. The Morgan fingerprint density at radius 1 is 0.852 bits per heavy atom. The quantitative estimate of drug-likeness (QED) is 0.830. The number of amides is 3. The molecule has 1 fully saturated rings. The molecule has 1 N–H and O–H groups in total. The van der Waals surface area contributed by atoms with E-state index < -0.39 is 11.8 Å². The SMILES string of the molecule is O=C(CN1C(=O)c2ccccc2C1=O)N1CCN(c2ccccc2O)CC1. The van der Waals surface area contributed by atoms with E-state index in [9.17, 15) is 19.5 Å². The Kier molecular flexibility index (Phi) is 4.27. The number of phenols is 1. The van der Waals surface area contributed by atoms with Crippen LogP contribution in [0.25, 0.3) is 0 Å². The second-order valence-electron chi connectivity index (χ2n) is 6.60. The number of rotatable bonds is 3. The zero-order valence-corrected chi connectivity index (χ0v) is 14.7. The van der Waals surface area contributed by atoms with Gasteiger partial charge in [0.1, 0.15) is 12.3 Å². The second-order valence-corrected chi connectivity index (χ2v) is 6.60. The number of hydrogen-bond acceptors (Lipinski definition) is 5. The fourth-order valence-electron chi connectivity index (χ4n) is 3.55. The number of aromatic hydroxyl groups is 1. The van der Waals surface area contributed by atoms with E-state index in [0.717, 1.165) is 10.6 Å². The monoisotopic (exact) mass is 365 g/mol. The Hall–Kier alpha value is -3.35. The molecule has 0 atom stereocenters. The number of piperazine rings is 1. The molecular weight excluding hydrogens is 346 g/mol. The number of anilines is 1. The number of nitrogens with zero attached hydrogens (tertiary/aromatic N) is 3. The smallest absolute Gasteiger partial charge is 0.262 e. The van der Waals surface area contributed by atoms with Crippen molar-refractivity contribution in [3.63, 3.8) is 0 Å². The molecule has 0 bridgehead atoms. The van der Waals surface area contributed by atoms with Gasteiger partial charge in [0.05, 0.1) is 16.8 Å². The summed E-state index contributed by atoms with van der Waals surface area (Å²) in [6.45, 7) is 1.84. The van der Waals surface area contributed by atoms with Gasteiger partial charge in [0.25, 0.3) is 11.8 Å². The Morgan fingerprint density at radius 3 is 2.00 bits per heavy atom. The van der Waals surface area contributed by atoms with Gasteiger partial charge in [-0.1, -0.05) is 24.3 Å². The lowest BCUT2D eigenvalue weighted by molar-refractivity contribution is -0.131. The molecule has 4 rings (SSSR count). The van der Waals surface area contributed by atoms with Gasteiger partial charge in [-0.3, -0.25) is 19.3 Å². The van der Waals surface area contributed by atoms with Crippen molar-refractivity contribution in [2.24, 2.45) is 0 Å². The lowest BCUT2D eigenvalue weighted by Crippen LogP contribution is -2.51. The first-order valence-corrected chi connectivity index (χ1v) is 8.82. The second kappa shape index (κ2) is 6.75. The molecule has 138 valence electrons. The summed E-state index contributed by atoms with van der Waals surface area (Å²) in [4.78, 5) is 42.1. The Labute approximate surface area is 156 Å². The molecular formula is C20H19N3O4. The van der Waals surface area contributed by atoms with Crippen molar-refractivity contribution in [3.05, 3.63) is 59.7 Å². The number of carbonyl (C=O) groups excluding carboxylic acids is 3. The zero-order chi connectivity index (χ0) is 19.0. The predicted octanol–water partition coefficient (Wildman–Crippen LogP) is 1.34. The van der Waals surface area contributed by atoms with Crippen LogP contribution in [0.3, 0.4) is 0 Å². The van der Waals surface area contributed by atoms with E-state index in [1.54, 1.807) is 41.3 Å². The molecule has 2 heterocycles. The van der Waals surface area contributed by atoms with Crippen molar-refractivity contribution in [2.45, 2.75) is 0 Å². The molecule has 0 saturated carbocycles. The first-order chi connectivity index (χ1) is 13.1. The molecule has 1 saturated heterocycles. The molecule has 0 spiro atoms. The molecule has 2 aromatic carbocycles. The lowest BCUT2D eigenvalue weighted by Gasteiger charge is -2.36. The highest BCUT2D eigenvalue weighted by atomic mass is 16.3. The van der Waals surface area contributed by atoms with Crippen LogP contribution in [0.4, 0.5) is 5.69 Å². The third kappa shape index (κ3) is 3.01. The van der Waals surface area contributed by atoms with Crippen LogP contribution in [0, 0.1) is 0 Å². The summed E-state index contributed by atoms with van der Waals surface area (Å²) in [5.41, 5.74) is 1.43. The standard InChI is InChI=1S/C20H19N3O4/c24-17-8-4-3-7-16(17)21-9-11-22(12-10-21)18(25)13-23-19(26)14-5-1-2-6-15(14)20(23)27/h1-8,24H,9-13H2. The normalized spacial score (nSPS) is 16.7. The van der Waals surface area contributed by atoms with Gasteiger partial charge in [-0.2, -0.15) is 0 Å². The highest BCUT2D eigenvalue weighted by Crippen LogP contribution is 2.27. The number of benzene rings is 2. The summed E-state index contributed by atoms with van der Waals surface area (Å²) in [5, 5.41) is 9.97. The minimum absolute atomic E-state index is 0.211. The first kappa shape index (κ1) is 17.1. The van der Waals surface area contributed by atoms with Crippen LogP contribution in [0.2, 0.25) is 0 Å². The van der Waals surface area contributed by atoms with Crippen LogP contribution in [-0.2, 0) is 4.79 Å². The fourth-order valence-corrected chi connectivity index (χ4v) is 3.55. The number of fused-ring (bicyclic) bond motifs is 1. The van der Waals surface area contributed by atoms with Crippen molar-refractivity contribution in [1.29, 1.82) is 0 Å². The highest BCUT2D eigenvalue weighted by molar-refractivity contribution is 6.22. The predicted molar refractivity (Wildman–Crippen MR) is 98.7 cm³/mol. The molecule has 2 aliphatic rings. The van der Waals surface area contributed by atoms with Crippen LogP contribution in [0.1, 0.15) is 20.7 Å². The van der Waals surface area contributed by atoms with Gasteiger partial charge in [-0.05, 0) is 24.3 Å². The third-order valence-corrected chi connectivity index (χ3v) is 5.03. The van der Waals surface area contributed by atoms with Crippen LogP contribution >= 0.6 is 0 Å². The van der Waals surface area contributed by atoms with Crippen molar-refractivity contribution in [3.8, 4) is 5.75 Å². The average Bonchev–Trinajstić information content (AvgIpc) is 2.94. The van der Waals surface area contributed by atoms with Crippen molar-refractivity contribution >= 4 is 23.4 Å². The molecule has 3 amide bonds. The third-order valence-electron chi connectivity index (χ3n) is 5.03. The molecule has 0 aromatic heterocycles. The molecule has 0 aliphatic carbocycles. The molecule has 2 aliphatic heterocycles. The minimum atomic E-state index is -0.420. The summed E-state index contributed by atoms with van der Waals surface area (Å²) >= 11 is 0. The van der Waals surface area contributed by atoms with Gasteiger partial charge in [0.2, 0.25) is 5.91 Å². The van der Waals surface area contributed by atoms with Crippen molar-refractivity contribution in [1.82, 2.24) is 9.80 Å². The van der Waals surface area contributed by atoms with E-state index in [0.29, 0.717) is 37.3 Å². The maximum atomic E-state index is 12.6. The van der Waals surface area contributed by atoms with Gasteiger partial charge >= 0.3 is 0 Å². The van der Waals surface area contributed by atoms with E-state index in [2.05, 4.69) is 0 Å². The van der Waals surface area contributed by atoms with E-state index in [-0.39, 0.29) is 18.2 Å². The molecule has 27 heavy (non-hydrogen) atoms. The van der Waals surface area contributed by atoms with E-state index in [1.165, 1.54) is 0 Å². The summed E-state index contributed by atoms with van der Waals surface area (Å²) < 4.78 is 0. The summed E-state index contributed by atoms with van der Waals surface area (Å²) in [5.74, 6) is -0.877. The van der Waals surface area contributed by atoms with Gasteiger partial charge in [0.15, 0.2) is 0 Å². The summed E-state index contributed by atoms with van der Waals surface area (Å²) in [6, 6.07) is 13.7. The maximum absolute atomic E-state index is 12.6. The summed E-state index contributed by atoms with van der Waals surface area (Å²) in [6.07, 6.45) is 0. The van der Waals surface area contributed by atoms with Crippen molar-refractivity contribution in [2.75, 3.05) is 37.6 Å². The van der Waals surface area contributed by atoms with Gasteiger partial charge < -0.3 is 14.9 Å². The fraction of sp³-hybridized carbons (Fsp3) is 0.250. The van der Waals surface area contributed by atoms with Gasteiger partial charge in [0, 0.05) is 26.2 Å². The molecule has 7 heteroatoms. The van der Waals surface area contributed by atoms with Crippen LogP contribution in [-0.4, -0.2) is 65.4 Å². The van der Waals surface area contributed by atoms with Gasteiger partial charge in [-0.25, -0.2) is 0 Å². The van der Waals surface area contributed by atoms with E-state index in [4.69, 9.17) is 0 Å². The number of hydrogen-bond donors (Lipinski definition) is 1. The van der Waals surface area contributed by atoms with Crippen LogP contribution in [0.5, 0.6) is 5.75 Å². The Balaban J connectivity index is 1.39. The molecule has 0 unspecified atom stereocenters. The lowest BCUT2D eigenvalue weighted by atomic mass is 10.1. The number of para-hydroxylation sites is 2. The van der Waals surface area contributed by atoms with Crippen molar-refractivity contribution < 1.29 is 19.5 Å². The largest absolute Gasteiger partial charge is 0.506 e. The number of phenolic OH excluding ortho intramolecular Hbond substituents is 1. The van der Waals surface area contributed by atoms with Crippen LogP contribution in [0.15, 0.2) is 48.5 Å². The first-order valence-electron chi connectivity index (χ1n) is 8.82. The molecule has 7 nitrogen and oxygen atoms in total. The topological polar surface area (TPSA) is 81.2 Å². The number of imide groups is 1. The number of carbonyl (C=O) groups is 3. The maximum Gasteiger partial charge on any atom is 0.262 e. The summed E-state index contributed by atoms with van der Waals surface area (Å²) in [7, 11) is 0. The van der Waals surface area contributed by atoms with E-state index in [1.807, 2.05) is 17.0 Å². The molecule has 2 aromatic rings. The zero-order valence-electron chi connectivity index (χ0n) is 14.7. The van der Waals surface area contributed by atoms with Gasteiger partial charge in [-0.15, -0.1) is 0 Å². The highest BCUT2D eigenvalue weighted by Gasteiger charge is 2.37. The Bertz CT molecular complexity index is 884. The average molecular weight is 365 g/mol. The van der Waals surface area contributed by atoms with Crippen LogP contribution < -0.4 is 4.90 Å². The molecule has 0 radical (unpaired) electrons. The van der Waals surface area contributed by atoms with E-state index >= 15 is 0 Å².